The third-order valence-electron chi connectivity index (χ3n) is 2.96. The first-order valence-corrected chi connectivity index (χ1v) is 7.45. The van der Waals surface area contributed by atoms with Crippen LogP contribution in [0, 0.1) is 6.92 Å². The zero-order chi connectivity index (χ0) is 16.0. The average molecular weight is 316 g/mol. The highest BCUT2D eigenvalue weighted by atomic mass is 32.1. The van der Waals surface area contributed by atoms with Crippen molar-refractivity contribution in [1.82, 2.24) is 9.88 Å². The number of hydrogen-bond acceptors (Lipinski definition) is 5. The van der Waals surface area contributed by atoms with Gasteiger partial charge in [0.2, 0.25) is 5.91 Å². The molecule has 8 heteroatoms. The molecule has 0 aliphatic carbocycles. The van der Waals surface area contributed by atoms with E-state index < -0.39 is 18.0 Å². The van der Waals surface area contributed by atoms with E-state index in [-0.39, 0.29) is 23.7 Å². The molecule has 0 aliphatic heterocycles. The van der Waals surface area contributed by atoms with Gasteiger partial charge in [0.25, 0.3) is 0 Å². The van der Waals surface area contributed by atoms with Gasteiger partial charge in [-0.25, -0.2) is 0 Å². The Balaban J connectivity index is 2.32. The lowest BCUT2D eigenvalue weighted by Crippen LogP contribution is -2.42. The van der Waals surface area contributed by atoms with Gasteiger partial charge in [-0.1, -0.05) is 11.3 Å². The van der Waals surface area contributed by atoms with Crippen molar-refractivity contribution in [2.75, 3.05) is 6.54 Å². The van der Waals surface area contributed by atoms with Crippen molar-refractivity contribution in [3.63, 3.8) is 0 Å². The van der Waals surface area contributed by atoms with E-state index in [9.17, 15) is 19.5 Å². The fraction of sp³-hybridized carbons (Fsp3) is 0.615. The van der Waals surface area contributed by atoms with Gasteiger partial charge in [-0.2, -0.15) is 0 Å². The van der Waals surface area contributed by atoms with E-state index in [0.717, 1.165) is 17.0 Å². The molecule has 1 atom stereocenters. The number of rotatable bonds is 8. The van der Waals surface area contributed by atoms with Gasteiger partial charge in [-0.15, -0.1) is 0 Å². The number of carbonyl (C=O) groups is 2. The van der Waals surface area contributed by atoms with Crippen molar-refractivity contribution in [3.8, 4) is 0 Å². The fourth-order valence-corrected chi connectivity index (χ4v) is 2.60. The van der Waals surface area contributed by atoms with Crippen LogP contribution in [0.15, 0.2) is 10.2 Å². The first kappa shape index (κ1) is 17.4. The number of amides is 1. The van der Waals surface area contributed by atoms with Crippen molar-refractivity contribution in [2.24, 2.45) is 0 Å². The Kier molecular flexibility index (Phi) is 6.10. The molecule has 0 spiro atoms. The van der Waals surface area contributed by atoms with Crippen LogP contribution < -0.4 is 10.2 Å². The average Bonchev–Trinajstić information content (AvgIpc) is 2.66. The van der Waals surface area contributed by atoms with Crippen LogP contribution in [0.1, 0.15) is 31.9 Å². The second kappa shape index (κ2) is 7.37. The van der Waals surface area contributed by atoms with Crippen LogP contribution in [-0.2, 0) is 16.1 Å². The van der Waals surface area contributed by atoms with Crippen molar-refractivity contribution in [2.45, 2.75) is 45.3 Å². The summed E-state index contributed by atoms with van der Waals surface area (Å²) in [6.07, 6.45) is 0.284. The Morgan fingerprint density at radius 3 is 2.67 bits per heavy atom. The third kappa shape index (κ3) is 6.09. The van der Waals surface area contributed by atoms with Crippen molar-refractivity contribution in [3.05, 3.63) is 20.7 Å². The van der Waals surface area contributed by atoms with E-state index in [4.69, 9.17) is 5.11 Å². The molecule has 0 saturated heterocycles. The minimum absolute atomic E-state index is 0.0442. The largest absolute Gasteiger partial charge is 0.481 e. The van der Waals surface area contributed by atoms with Crippen LogP contribution in [0.2, 0.25) is 0 Å². The quantitative estimate of drug-likeness (QED) is 0.641. The number of nitrogens with zero attached hydrogens (tertiary/aromatic N) is 1. The maximum atomic E-state index is 11.6. The molecule has 1 heterocycles. The summed E-state index contributed by atoms with van der Waals surface area (Å²) in [7, 11) is 0. The molecule has 0 aliphatic rings. The zero-order valence-corrected chi connectivity index (χ0v) is 12.9. The number of nitrogens with one attached hydrogen (secondary N) is 1. The maximum Gasteiger partial charge on any atom is 0.307 e. The molecule has 0 saturated carbocycles. The van der Waals surface area contributed by atoms with E-state index in [1.54, 1.807) is 9.95 Å². The molecule has 1 aromatic rings. The Morgan fingerprint density at radius 2 is 2.14 bits per heavy atom. The van der Waals surface area contributed by atoms with E-state index in [1.165, 1.54) is 6.92 Å². The molecule has 7 nitrogen and oxygen atoms in total. The molecule has 0 aromatic carbocycles. The highest BCUT2D eigenvalue weighted by Crippen LogP contribution is 2.08. The molecule has 0 radical (unpaired) electrons. The number of hydrogen-bond donors (Lipinski definition) is 3. The van der Waals surface area contributed by atoms with Gasteiger partial charge in [0, 0.05) is 30.6 Å². The molecule has 1 rings (SSSR count). The van der Waals surface area contributed by atoms with Crippen molar-refractivity contribution >= 4 is 23.2 Å². The van der Waals surface area contributed by atoms with Gasteiger partial charge < -0.3 is 20.1 Å². The SMILES string of the molecule is Cc1csc(=O)n1CCCC(=O)NCC(C)(O)CC(=O)O. The molecule has 118 valence electrons. The summed E-state index contributed by atoms with van der Waals surface area (Å²) in [5, 5.41) is 22.6. The number of aliphatic carboxylic acids is 1. The van der Waals surface area contributed by atoms with Gasteiger partial charge in [-0.05, 0) is 20.3 Å². The fourth-order valence-electron chi connectivity index (χ4n) is 1.84. The molecular weight excluding hydrogens is 296 g/mol. The van der Waals surface area contributed by atoms with Crippen molar-refractivity contribution in [1.29, 1.82) is 0 Å². The number of aryl methyl sites for hydroxylation is 1. The van der Waals surface area contributed by atoms with Crippen LogP contribution in [0.3, 0.4) is 0 Å². The zero-order valence-electron chi connectivity index (χ0n) is 12.1. The highest BCUT2D eigenvalue weighted by molar-refractivity contribution is 7.07. The number of aromatic nitrogens is 1. The molecule has 1 amide bonds. The monoisotopic (exact) mass is 316 g/mol. The minimum atomic E-state index is -1.47. The highest BCUT2D eigenvalue weighted by Gasteiger charge is 2.24. The van der Waals surface area contributed by atoms with Crippen LogP contribution in [-0.4, -0.2) is 38.8 Å². The molecule has 1 aromatic heterocycles. The van der Waals surface area contributed by atoms with Crippen molar-refractivity contribution < 1.29 is 19.8 Å². The van der Waals surface area contributed by atoms with Gasteiger partial charge in [-0.3, -0.25) is 14.4 Å². The lowest BCUT2D eigenvalue weighted by molar-refractivity contribution is -0.142. The van der Waals surface area contributed by atoms with E-state index in [0.29, 0.717) is 13.0 Å². The topological polar surface area (TPSA) is 109 Å². The van der Waals surface area contributed by atoms with Crippen LogP contribution in [0.5, 0.6) is 0 Å². The predicted molar refractivity (Wildman–Crippen MR) is 78.4 cm³/mol. The lowest BCUT2D eigenvalue weighted by Gasteiger charge is -2.21. The summed E-state index contributed by atoms with van der Waals surface area (Å²) >= 11 is 1.13. The summed E-state index contributed by atoms with van der Waals surface area (Å²) in [6.45, 7) is 3.54. The van der Waals surface area contributed by atoms with Crippen LogP contribution in [0.25, 0.3) is 0 Å². The molecule has 1 unspecified atom stereocenters. The summed E-state index contributed by atoms with van der Waals surface area (Å²) in [6, 6.07) is 0. The molecule has 3 N–H and O–H groups in total. The van der Waals surface area contributed by atoms with Gasteiger partial charge in [0.05, 0.1) is 12.0 Å². The Hall–Kier alpha value is -1.67. The molecule has 0 fully saturated rings. The Labute approximate surface area is 126 Å². The second-order valence-corrected chi connectivity index (χ2v) is 6.06. The number of thiazole rings is 1. The summed E-state index contributed by atoms with van der Waals surface area (Å²) in [5.41, 5.74) is -0.600. The first-order valence-electron chi connectivity index (χ1n) is 6.57. The first-order chi connectivity index (χ1) is 9.71. The van der Waals surface area contributed by atoms with E-state index in [2.05, 4.69) is 5.32 Å². The van der Waals surface area contributed by atoms with E-state index >= 15 is 0 Å². The smallest absolute Gasteiger partial charge is 0.307 e. The normalized spacial score (nSPS) is 13.7. The lowest BCUT2D eigenvalue weighted by atomic mass is 10.0. The second-order valence-electron chi connectivity index (χ2n) is 5.24. The minimum Gasteiger partial charge on any atom is -0.481 e. The molecule has 0 bridgehead atoms. The van der Waals surface area contributed by atoms with Gasteiger partial charge in [0.1, 0.15) is 0 Å². The van der Waals surface area contributed by atoms with E-state index in [1.807, 2.05) is 6.92 Å². The van der Waals surface area contributed by atoms with Crippen LogP contribution in [0.4, 0.5) is 0 Å². The molecular formula is C13H20N2O5S. The van der Waals surface area contributed by atoms with Crippen LogP contribution >= 0.6 is 11.3 Å². The predicted octanol–water partition coefficient (Wildman–Crippen LogP) is 0.340. The molecule has 21 heavy (non-hydrogen) atoms. The number of aliphatic hydroxyl groups is 1. The third-order valence-corrected chi connectivity index (χ3v) is 3.84. The number of carboxylic acid groups (broad SMARTS) is 1. The standard InChI is InChI=1S/C13H20N2O5S/c1-9-7-21-12(19)15(9)5-3-4-10(16)14-8-13(2,20)6-11(17)18/h7,20H,3-6,8H2,1-2H3,(H,14,16)(H,17,18). The Morgan fingerprint density at radius 1 is 1.48 bits per heavy atom. The number of carbonyl (C=O) groups excluding carboxylic acids is 1. The summed E-state index contributed by atoms with van der Waals surface area (Å²) in [4.78, 5) is 33.6. The van der Waals surface area contributed by atoms with Gasteiger partial charge in [0.15, 0.2) is 0 Å². The summed E-state index contributed by atoms with van der Waals surface area (Å²) < 4.78 is 1.61. The maximum absolute atomic E-state index is 11.6. The Bertz CT molecular complexity index is 561. The number of carboxylic acids is 1. The van der Waals surface area contributed by atoms with Gasteiger partial charge >= 0.3 is 10.8 Å². The summed E-state index contributed by atoms with van der Waals surface area (Å²) in [5.74, 6) is -1.40.